The van der Waals surface area contributed by atoms with Crippen LogP contribution in [0.4, 0.5) is 0 Å². The summed E-state index contributed by atoms with van der Waals surface area (Å²) in [5.74, 6) is -0.553. The van der Waals surface area contributed by atoms with E-state index in [1.807, 2.05) is 24.4 Å². The van der Waals surface area contributed by atoms with E-state index >= 15 is 0 Å². The van der Waals surface area contributed by atoms with Gasteiger partial charge in [-0.3, -0.25) is 19.3 Å². The van der Waals surface area contributed by atoms with E-state index in [-0.39, 0.29) is 5.92 Å². The Morgan fingerprint density at radius 3 is 2.61 bits per heavy atom. The lowest BCUT2D eigenvalue weighted by Crippen LogP contribution is -2.53. The van der Waals surface area contributed by atoms with E-state index in [4.69, 9.17) is 4.55 Å². The number of benzene rings is 1. The monoisotopic (exact) mass is 407 g/mol. The van der Waals surface area contributed by atoms with Crippen LogP contribution in [0.15, 0.2) is 36.5 Å². The van der Waals surface area contributed by atoms with E-state index < -0.39 is 16.1 Å². The third kappa shape index (κ3) is 5.40. The highest BCUT2D eigenvalue weighted by atomic mass is 32.2. The predicted octanol–water partition coefficient (Wildman–Crippen LogP) is 1.60. The molecule has 3 N–H and O–H groups in total. The van der Waals surface area contributed by atoms with Crippen molar-refractivity contribution < 1.29 is 22.9 Å². The van der Waals surface area contributed by atoms with Crippen LogP contribution in [0.5, 0.6) is 0 Å². The number of hydrogen-bond acceptors (Lipinski definition) is 5. The van der Waals surface area contributed by atoms with Gasteiger partial charge >= 0.3 is 5.97 Å². The molecule has 2 aromatic rings. The molecule has 1 unspecified atom stereocenters. The third-order valence-electron chi connectivity index (χ3n) is 5.34. The summed E-state index contributed by atoms with van der Waals surface area (Å²) < 4.78 is 25.9. The highest BCUT2D eigenvalue weighted by molar-refractivity contribution is 7.85. The molecule has 0 radical (unpaired) electrons. The van der Waals surface area contributed by atoms with E-state index in [0.717, 1.165) is 25.8 Å². The fraction of sp³-hybridized carbons (Fsp3) is 0.474. The molecule has 0 amide bonds. The van der Waals surface area contributed by atoms with Gasteiger partial charge in [0.25, 0.3) is 10.1 Å². The number of carboxylic acid groups (broad SMARTS) is 1. The van der Waals surface area contributed by atoms with Crippen LogP contribution in [0.25, 0.3) is 0 Å². The van der Waals surface area contributed by atoms with Gasteiger partial charge in [0, 0.05) is 24.8 Å². The second kappa shape index (κ2) is 8.42. The number of aliphatic carboxylic acids is 1. The maximum Gasteiger partial charge on any atom is 0.307 e. The molecular weight excluding hydrogens is 382 g/mol. The molecular formula is C19H25N3O5S. The van der Waals surface area contributed by atoms with Crippen molar-refractivity contribution in [1.82, 2.24) is 15.1 Å². The van der Waals surface area contributed by atoms with E-state index in [2.05, 4.69) is 27.2 Å². The van der Waals surface area contributed by atoms with Crippen molar-refractivity contribution in [3.63, 3.8) is 0 Å². The molecule has 8 nitrogen and oxygen atoms in total. The summed E-state index contributed by atoms with van der Waals surface area (Å²) in [6.45, 7) is 1.46. The molecule has 0 bridgehead atoms. The molecule has 1 aliphatic heterocycles. The SMILES string of the molecule is CS(=O)(=O)O.O=C(O)[C@@H]1C[C@@H]2Cc3[nH]ncc3CC2N(Cc2ccccc2)C1. The zero-order valence-corrected chi connectivity index (χ0v) is 16.5. The summed E-state index contributed by atoms with van der Waals surface area (Å²) in [5.41, 5.74) is 3.73. The molecule has 2 aliphatic rings. The number of nitrogens with one attached hydrogen (secondary N) is 1. The highest BCUT2D eigenvalue weighted by Crippen LogP contribution is 2.37. The van der Waals surface area contributed by atoms with Crippen molar-refractivity contribution in [1.29, 1.82) is 0 Å². The number of aromatic amines is 1. The van der Waals surface area contributed by atoms with Gasteiger partial charge in [-0.05, 0) is 36.3 Å². The number of piperidine rings is 1. The lowest BCUT2D eigenvalue weighted by molar-refractivity contribution is -0.145. The molecule has 1 aromatic heterocycles. The molecule has 1 fully saturated rings. The molecule has 0 saturated carbocycles. The minimum atomic E-state index is -3.67. The number of aromatic nitrogens is 2. The summed E-state index contributed by atoms with van der Waals surface area (Å²) in [6, 6.07) is 10.7. The van der Waals surface area contributed by atoms with Gasteiger partial charge in [0.05, 0.1) is 18.4 Å². The Kier molecular flexibility index (Phi) is 6.17. The van der Waals surface area contributed by atoms with Crippen molar-refractivity contribution in [3.8, 4) is 0 Å². The Morgan fingerprint density at radius 2 is 1.96 bits per heavy atom. The molecule has 4 rings (SSSR count). The molecule has 1 aromatic carbocycles. The van der Waals surface area contributed by atoms with Crippen LogP contribution in [0, 0.1) is 11.8 Å². The van der Waals surface area contributed by atoms with E-state index in [1.165, 1.54) is 16.8 Å². The topological polar surface area (TPSA) is 124 Å². The van der Waals surface area contributed by atoms with Crippen molar-refractivity contribution in [2.75, 3.05) is 12.8 Å². The minimum absolute atomic E-state index is 0.274. The summed E-state index contributed by atoms with van der Waals surface area (Å²) in [5, 5.41) is 16.8. The normalized spacial score (nSPS) is 24.4. The van der Waals surface area contributed by atoms with Gasteiger partial charge in [0.1, 0.15) is 0 Å². The van der Waals surface area contributed by atoms with E-state index in [0.29, 0.717) is 24.8 Å². The van der Waals surface area contributed by atoms with Crippen LogP contribution in [0.3, 0.4) is 0 Å². The zero-order chi connectivity index (χ0) is 20.3. The number of carboxylic acids is 1. The maximum absolute atomic E-state index is 11.6. The standard InChI is InChI=1S/C18H21N3O2.CH4O3S/c22-18(23)15-6-13-7-16-14(9-19-20-16)8-17(13)21(11-15)10-12-4-2-1-3-5-12;1-5(2,3)4/h1-5,9,13,15,17H,6-8,10-11H2,(H,19,20)(H,22,23);1H3,(H,2,3,4)/t13-,15-,17?;/m1./s1. The number of fused-ring (bicyclic) bond motifs is 2. The smallest absolute Gasteiger partial charge is 0.307 e. The fourth-order valence-electron chi connectivity index (χ4n) is 4.19. The van der Waals surface area contributed by atoms with Gasteiger partial charge in [-0.2, -0.15) is 13.5 Å². The maximum atomic E-state index is 11.6. The first-order valence-electron chi connectivity index (χ1n) is 9.15. The third-order valence-corrected chi connectivity index (χ3v) is 5.34. The number of rotatable bonds is 3. The van der Waals surface area contributed by atoms with Crippen molar-refractivity contribution in [2.24, 2.45) is 11.8 Å². The number of likely N-dealkylation sites (tertiary alicyclic amines) is 1. The van der Waals surface area contributed by atoms with Crippen LogP contribution >= 0.6 is 0 Å². The Morgan fingerprint density at radius 1 is 1.29 bits per heavy atom. The van der Waals surface area contributed by atoms with E-state index in [9.17, 15) is 18.3 Å². The molecule has 0 spiro atoms. The number of carbonyl (C=O) groups is 1. The first-order valence-corrected chi connectivity index (χ1v) is 11.0. The Hall–Kier alpha value is -2.23. The van der Waals surface area contributed by atoms with Crippen molar-refractivity contribution >= 4 is 16.1 Å². The summed E-state index contributed by atoms with van der Waals surface area (Å²) >= 11 is 0. The summed E-state index contributed by atoms with van der Waals surface area (Å²) in [4.78, 5) is 13.9. The number of hydrogen-bond donors (Lipinski definition) is 3. The first kappa shape index (κ1) is 20.5. The molecule has 9 heteroatoms. The average Bonchev–Trinajstić information content (AvgIpc) is 3.06. The van der Waals surface area contributed by atoms with Gasteiger partial charge in [-0.25, -0.2) is 0 Å². The summed E-state index contributed by atoms with van der Waals surface area (Å²) in [6.07, 6.45) is 5.29. The Balaban J connectivity index is 0.000000403. The molecule has 2 heterocycles. The van der Waals surface area contributed by atoms with Gasteiger partial charge in [0.15, 0.2) is 0 Å². The first-order chi connectivity index (χ1) is 13.2. The highest BCUT2D eigenvalue weighted by Gasteiger charge is 2.41. The van der Waals surface area contributed by atoms with Crippen LogP contribution in [-0.4, -0.2) is 58.0 Å². The molecule has 1 aliphatic carbocycles. The fourth-order valence-corrected chi connectivity index (χ4v) is 4.19. The molecule has 152 valence electrons. The lowest BCUT2D eigenvalue weighted by Gasteiger charge is -2.46. The average molecular weight is 407 g/mol. The molecule has 1 saturated heterocycles. The quantitative estimate of drug-likeness (QED) is 0.660. The Bertz CT molecular complexity index is 905. The van der Waals surface area contributed by atoms with Crippen LogP contribution in [-0.2, 0) is 34.3 Å². The van der Waals surface area contributed by atoms with Gasteiger partial charge in [-0.1, -0.05) is 30.3 Å². The van der Waals surface area contributed by atoms with Crippen LogP contribution < -0.4 is 0 Å². The predicted molar refractivity (Wildman–Crippen MR) is 103 cm³/mol. The number of H-pyrrole nitrogens is 1. The van der Waals surface area contributed by atoms with Crippen LogP contribution in [0.1, 0.15) is 23.2 Å². The second-order valence-electron chi connectivity index (χ2n) is 7.53. The minimum Gasteiger partial charge on any atom is -0.481 e. The summed E-state index contributed by atoms with van der Waals surface area (Å²) in [7, 11) is -3.67. The second-order valence-corrected chi connectivity index (χ2v) is 8.99. The van der Waals surface area contributed by atoms with Gasteiger partial charge in [0.2, 0.25) is 0 Å². The largest absolute Gasteiger partial charge is 0.481 e. The lowest BCUT2D eigenvalue weighted by atomic mass is 9.74. The van der Waals surface area contributed by atoms with Gasteiger partial charge in [-0.15, -0.1) is 0 Å². The molecule has 3 atom stereocenters. The van der Waals surface area contributed by atoms with Crippen molar-refractivity contribution in [3.05, 3.63) is 53.3 Å². The Labute approximate surface area is 164 Å². The zero-order valence-electron chi connectivity index (χ0n) is 15.7. The molecule has 28 heavy (non-hydrogen) atoms. The van der Waals surface area contributed by atoms with Crippen molar-refractivity contribution in [2.45, 2.75) is 31.8 Å². The van der Waals surface area contributed by atoms with Crippen LogP contribution in [0.2, 0.25) is 0 Å². The van der Waals surface area contributed by atoms with E-state index in [1.54, 1.807) is 0 Å². The number of nitrogens with zero attached hydrogens (tertiary/aromatic N) is 2. The van der Waals surface area contributed by atoms with Gasteiger partial charge < -0.3 is 5.11 Å².